The van der Waals surface area contributed by atoms with Gasteiger partial charge < -0.3 is 5.73 Å². The van der Waals surface area contributed by atoms with E-state index in [0.29, 0.717) is 0 Å². The first-order chi connectivity index (χ1) is 2.64. The molecule has 44 valence electrons. The Labute approximate surface area is 49.3 Å². The van der Waals surface area contributed by atoms with E-state index in [0.717, 1.165) is 0 Å². The molecule has 0 bridgehead atoms. The lowest BCUT2D eigenvalue weighted by molar-refractivity contribution is 0.576. The quantitative estimate of drug-likeness (QED) is 0.244. The fourth-order valence-corrected chi connectivity index (χ4v) is 0. The first-order valence-corrected chi connectivity index (χ1v) is 2.20. The molecule has 0 aromatic rings. The number of hydrogen-bond acceptors (Lipinski definition) is 2. The molecule has 0 aliphatic carbocycles. The largest absolute Gasteiger partial charge is 0.375 e. The van der Waals surface area contributed by atoms with Gasteiger partial charge in [-0.2, -0.15) is 0 Å². The minimum atomic E-state index is -2.26. The lowest BCUT2D eigenvalue weighted by Crippen LogP contribution is -2.14. The van der Waals surface area contributed by atoms with Crippen LogP contribution in [0.4, 0.5) is 0 Å². The summed E-state index contributed by atoms with van der Waals surface area (Å²) >= 11 is -2.26. The summed E-state index contributed by atoms with van der Waals surface area (Å²) in [5, 5.41) is 5.46. The van der Waals surface area contributed by atoms with Crippen LogP contribution in [0.5, 0.6) is 0 Å². The van der Waals surface area contributed by atoms with Crippen molar-refractivity contribution >= 4 is 28.7 Å². The van der Waals surface area contributed by atoms with Crippen molar-refractivity contribution in [3.63, 3.8) is 0 Å². The van der Waals surface area contributed by atoms with Gasteiger partial charge in [0.1, 0.15) is 0 Å². The van der Waals surface area contributed by atoms with Gasteiger partial charge in [0, 0.05) is 0 Å². The number of amidine groups is 1. The van der Waals surface area contributed by atoms with E-state index >= 15 is 0 Å². The Balaban J connectivity index is 0. The highest BCUT2D eigenvalue weighted by Crippen LogP contribution is 1.62. The average Bonchev–Trinajstić information content (AvgIpc) is 1.36. The van der Waals surface area contributed by atoms with Crippen molar-refractivity contribution in [2.24, 2.45) is 5.73 Å². The second kappa shape index (κ2) is 4.04. The van der Waals surface area contributed by atoms with Gasteiger partial charge in [-0.1, -0.05) is 0 Å². The SMILES string of the molecule is Cl.N=C(N)S(=O)O. The molecule has 0 saturated heterocycles. The highest BCUT2D eigenvalue weighted by molar-refractivity contribution is 7.95. The van der Waals surface area contributed by atoms with Crippen LogP contribution < -0.4 is 5.73 Å². The minimum absolute atomic E-state index is 0. The first-order valence-electron chi connectivity index (χ1n) is 1.09. The summed E-state index contributed by atoms with van der Waals surface area (Å²) in [6.07, 6.45) is 0. The van der Waals surface area contributed by atoms with Crippen molar-refractivity contribution in [2.75, 3.05) is 0 Å². The Kier molecular flexibility index (Phi) is 5.76. The fraction of sp³-hybridized carbons (Fsp3) is 0. The van der Waals surface area contributed by atoms with Crippen LogP contribution in [-0.4, -0.2) is 13.9 Å². The molecule has 0 aromatic carbocycles. The van der Waals surface area contributed by atoms with E-state index in [2.05, 4.69) is 5.73 Å². The third-order valence-electron chi connectivity index (χ3n) is 0.188. The third-order valence-corrected chi connectivity index (χ3v) is 0.564. The van der Waals surface area contributed by atoms with Gasteiger partial charge in [0.05, 0.1) is 0 Å². The molecule has 1 unspecified atom stereocenters. The monoisotopic (exact) mass is 144 g/mol. The van der Waals surface area contributed by atoms with Crippen LogP contribution in [-0.2, 0) is 11.1 Å². The highest BCUT2D eigenvalue weighted by atomic mass is 35.5. The van der Waals surface area contributed by atoms with E-state index in [1.807, 2.05) is 0 Å². The Morgan fingerprint density at radius 2 is 2.00 bits per heavy atom. The molecule has 0 saturated carbocycles. The van der Waals surface area contributed by atoms with E-state index in [1.54, 1.807) is 0 Å². The molecule has 6 heteroatoms. The second-order valence-electron chi connectivity index (χ2n) is 0.613. The second-order valence-corrected chi connectivity index (χ2v) is 1.55. The highest BCUT2D eigenvalue weighted by Gasteiger charge is 1.90. The number of halogens is 1. The number of nitrogens with one attached hydrogen (secondary N) is 1. The van der Waals surface area contributed by atoms with Gasteiger partial charge in [-0.15, -0.1) is 12.4 Å². The first kappa shape index (κ1) is 9.98. The molecular weight excluding hydrogens is 140 g/mol. The molecule has 1 atom stereocenters. The van der Waals surface area contributed by atoms with Crippen LogP contribution in [0.15, 0.2) is 0 Å². The van der Waals surface area contributed by atoms with E-state index < -0.39 is 16.2 Å². The molecule has 4 N–H and O–H groups in total. The topological polar surface area (TPSA) is 87.2 Å². The zero-order valence-corrected chi connectivity index (χ0v) is 4.88. The Morgan fingerprint density at radius 3 is 2.00 bits per heavy atom. The molecule has 0 radical (unpaired) electrons. The van der Waals surface area contributed by atoms with Crippen LogP contribution in [0.3, 0.4) is 0 Å². The summed E-state index contributed by atoms with van der Waals surface area (Å²) in [5.74, 6) is 0. The Hall–Kier alpha value is -0.130. The number of rotatable bonds is 0. The van der Waals surface area contributed by atoms with Crippen molar-refractivity contribution in [1.82, 2.24) is 0 Å². The smallest absolute Gasteiger partial charge is 0.222 e. The zero-order chi connectivity index (χ0) is 5.15. The minimum Gasteiger partial charge on any atom is -0.375 e. The molecule has 0 rings (SSSR count). The zero-order valence-electron chi connectivity index (χ0n) is 3.25. The van der Waals surface area contributed by atoms with Gasteiger partial charge >= 0.3 is 0 Å². The standard InChI is InChI=1S/CH4N2O2S.ClH/c2-1(3)6(4)5;/h(H3,2,3)(H,4,5);1H. The predicted octanol–water partition coefficient (Wildman–Crippen LogP) is -0.477. The van der Waals surface area contributed by atoms with E-state index in [1.165, 1.54) is 0 Å². The molecule has 0 heterocycles. The van der Waals surface area contributed by atoms with Gasteiger partial charge in [0.25, 0.3) is 0 Å². The maximum atomic E-state index is 9.46. The van der Waals surface area contributed by atoms with Gasteiger partial charge in [0.15, 0.2) is 0 Å². The fourth-order valence-electron chi connectivity index (χ4n) is 0. The van der Waals surface area contributed by atoms with Gasteiger partial charge in [0.2, 0.25) is 16.2 Å². The molecular formula is CH5ClN2O2S. The summed E-state index contributed by atoms with van der Waals surface area (Å²) in [6.45, 7) is 0. The molecule has 0 aliphatic heterocycles. The summed E-state index contributed by atoms with van der Waals surface area (Å²) in [5.41, 5.74) is 4.47. The van der Waals surface area contributed by atoms with Crippen LogP contribution in [0.1, 0.15) is 0 Å². The van der Waals surface area contributed by atoms with Crippen LogP contribution in [0, 0.1) is 5.41 Å². The molecule has 7 heavy (non-hydrogen) atoms. The Bertz CT molecular complexity index is 81.7. The maximum Gasteiger partial charge on any atom is 0.222 e. The van der Waals surface area contributed by atoms with Crippen molar-refractivity contribution in [3.8, 4) is 0 Å². The van der Waals surface area contributed by atoms with E-state index in [-0.39, 0.29) is 12.4 Å². The van der Waals surface area contributed by atoms with Crippen molar-refractivity contribution in [2.45, 2.75) is 0 Å². The third kappa shape index (κ3) is 5.87. The summed E-state index contributed by atoms with van der Waals surface area (Å²) in [4.78, 5) is 0. The number of nitrogens with two attached hydrogens (primary N) is 1. The maximum absolute atomic E-state index is 9.46. The molecule has 0 aliphatic rings. The lowest BCUT2D eigenvalue weighted by Gasteiger charge is -1.79. The molecule has 0 spiro atoms. The van der Waals surface area contributed by atoms with Crippen molar-refractivity contribution in [3.05, 3.63) is 0 Å². The van der Waals surface area contributed by atoms with E-state index in [4.69, 9.17) is 9.96 Å². The summed E-state index contributed by atoms with van der Waals surface area (Å²) in [6, 6.07) is 0. The predicted molar refractivity (Wildman–Crippen MR) is 29.9 cm³/mol. The van der Waals surface area contributed by atoms with Crippen LogP contribution >= 0.6 is 12.4 Å². The lowest BCUT2D eigenvalue weighted by atomic mass is 11.4. The molecule has 0 aromatic heterocycles. The van der Waals surface area contributed by atoms with Crippen molar-refractivity contribution < 1.29 is 8.76 Å². The van der Waals surface area contributed by atoms with Crippen LogP contribution in [0.25, 0.3) is 0 Å². The molecule has 0 fully saturated rings. The molecule has 4 nitrogen and oxygen atoms in total. The number of hydrogen-bond donors (Lipinski definition) is 3. The van der Waals surface area contributed by atoms with Crippen molar-refractivity contribution in [1.29, 1.82) is 5.41 Å². The van der Waals surface area contributed by atoms with Gasteiger partial charge in [-0.25, -0.2) is 4.21 Å². The summed E-state index contributed by atoms with van der Waals surface area (Å²) in [7, 11) is 0. The summed E-state index contributed by atoms with van der Waals surface area (Å²) < 4.78 is 17.2. The Morgan fingerprint density at radius 1 is 1.86 bits per heavy atom. The molecule has 0 amide bonds. The van der Waals surface area contributed by atoms with Crippen LogP contribution in [0.2, 0.25) is 0 Å². The normalized spacial score (nSPS) is 11.6. The van der Waals surface area contributed by atoms with Gasteiger partial charge in [-0.05, 0) is 0 Å². The van der Waals surface area contributed by atoms with E-state index in [9.17, 15) is 4.21 Å². The van der Waals surface area contributed by atoms with Gasteiger partial charge in [-0.3, -0.25) is 9.96 Å². The average molecular weight is 145 g/mol.